The Labute approximate surface area is 128 Å². The van der Waals surface area contributed by atoms with Gasteiger partial charge in [-0.1, -0.05) is 0 Å². The van der Waals surface area contributed by atoms with Gasteiger partial charge in [0.05, 0.1) is 5.69 Å². The monoisotopic (exact) mass is 305 g/mol. The molecule has 0 amide bonds. The minimum atomic E-state index is -0.209. The Hall–Kier alpha value is -1.30. The van der Waals surface area contributed by atoms with Crippen molar-refractivity contribution in [1.29, 1.82) is 0 Å². The van der Waals surface area contributed by atoms with Crippen molar-refractivity contribution in [1.82, 2.24) is 15.2 Å². The summed E-state index contributed by atoms with van der Waals surface area (Å²) >= 11 is 1.61. The number of rotatable bonds is 6. The average molecular weight is 305 g/mol. The molecule has 0 radical (unpaired) electrons. The largest absolute Gasteiger partial charge is 0.310 e. The third kappa shape index (κ3) is 4.09. The number of hydrogen-bond donors (Lipinski definition) is 1. The molecule has 1 aromatic heterocycles. The molecular weight excluding hydrogens is 285 g/mol. The molecule has 0 spiro atoms. The van der Waals surface area contributed by atoms with E-state index < -0.39 is 0 Å². The van der Waals surface area contributed by atoms with E-state index in [0.717, 1.165) is 35.9 Å². The third-order valence-electron chi connectivity index (χ3n) is 3.75. The Morgan fingerprint density at radius 2 is 1.95 bits per heavy atom. The summed E-state index contributed by atoms with van der Waals surface area (Å²) in [6, 6.07) is 6.51. The number of benzene rings is 1. The van der Waals surface area contributed by atoms with Gasteiger partial charge in [-0.15, -0.1) is 11.3 Å². The molecule has 2 heterocycles. The van der Waals surface area contributed by atoms with E-state index in [4.69, 9.17) is 0 Å². The molecule has 1 fully saturated rings. The molecule has 21 heavy (non-hydrogen) atoms. The molecule has 1 aliphatic rings. The SMILES string of the molecule is Fc1ccc(-c2nc(CNCCN3CCCC3)cs2)cc1. The summed E-state index contributed by atoms with van der Waals surface area (Å²) in [5, 5.41) is 6.47. The Morgan fingerprint density at radius 1 is 1.19 bits per heavy atom. The number of thiazole rings is 1. The third-order valence-corrected chi connectivity index (χ3v) is 4.69. The molecule has 0 bridgehead atoms. The first kappa shape index (κ1) is 14.6. The molecule has 3 nitrogen and oxygen atoms in total. The van der Waals surface area contributed by atoms with Crippen LogP contribution >= 0.6 is 11.3 Å². The first-order chi connectivity index (χ1) is 10.3. The summed E-state index contributed by atoms with van der Waals surface area (Å²) in [7, 11) is 0. The zero-order valence-corrected chi connectivity index (χ0v) is 12.8. The topological polar surface area (TPSA) is 28.2 Å². The Morgan fingerprint density at radius 3 is 2.71 bits per heavy atom. The summed E-state index contributed by atoms with van der Waals surface area (Å²) in [5.41, 5.74) is 2.03. The fourth-order valence-corrected chi connectivity index (χ4v) is 3.40. The summed E-state index contributed by atoms with van der Waals surface area (Å²) in [6.45, 7) is 5.41. The lowest BCUT2D eigenvalue weighted by Crippen LogP contribution is -2.29. The molecule has 1 aliphatic heterocycles. The van der Waals surface area contributed by atoms with Crippen molar-refractivity contribution in [2.24, 2.45) is 0 Å². The van der Waals surface area contributed by atoms with Gasteiger partial charge in [0, 0.05) is 30.6 Å². The summed E-state index contributed by atoms with van der Waals surface area (Å²) in [4.78, 5) is 7.10. The lowest BCUT2D eigenvalue weighted by molar-refractivity contribution is 0.335. The molecule has 5 heteroatoms. The molecule has 3 rings (SSSR count). The van der Waals surface area contributed by atoms with E-state index in [1.807, 2.05) is 0 Å². The number of hydrogen-bond acceptors (Lipinski definition) is 4. The van der Waals surface area contributed by atoms with Crippen LogP contribution in [0.1, 0.15) is 18.5 Å². The molecular formula is C16H20FN3S. The van der Waals surface area contributed by atoms with Gasteiger partial charge in [0.2, 0.25) is 0 Å². The van der Waals surface area contributed by atoms with Gasteiger partial charge < -0.3 is 10.2 Å². The van der Waals surface area contributed by atoms with Crippen molar-refractivity contribution in [3.05, 3.63) is 41.2 Å². The fourth-order valence-electron chi connectivity index (χ4n) is 2.57. The van der Waals surface area contributed by atoms with Crippen LogP contribution in [0.25, 0.3) is 10.6 Å². The predicted octanol–water partition coefficient (Wildman–Crippen LogP) is 3.13. The molecule has 0 saturated carbocycles. The van der Waals surface area contributed by atoms with Gasteiger partial charge in [0.15, 0.2) is 0 Å². The van der Waals surface area contributed by atoms with E-state index in [9.17, 15) is 4.39 Å². The van der Waals surface area contributed by atoms with Crippen LogP contribution in [0.3, 0.4) is 0 Å². The molecule has 1 saturated heterocycles. The quantitative estimate of drug-likeness (QED) is 0.831. The van der Waals surface area contributed by atoms with Gasteiger partial charge in [0.1, 0.15) is 10.8 Å². The number of halogens is 1. The van der Waals surface area contributed by atoms with Crippen molar-refractivity contribution < 1.29 is 4.39 Å². The molecule has 1 N–H and O–H groups in total. The average Bonchev–Trinajstić information content (AvgIpc) is 3.16. The summed E-state index contributed by atoms with van der Waals surface area (Å²) < 4.78 is 12.9. The second-order valence-corrected chi connectivity index (χ2v) is 6.23. The highest BCUT2D eigenvalue weighted by molar-refractivity contribution is 7.13. The Kier molecular flexibility index (Phi) is 4.95. The van der Waals surface area contributed by atoms with Gasteiger partial charge in [-0.05, 0) is 50.2 Å². The number of nitrogens with one attached hydrogen (secondary N) is 1. The van der Waals surface area contributed by atoms with Crippen molar-refractivity contribution in [3.8, 4) is 10.6 Å². The highest BCUT2D eigenvalue weighted by atomic mass is 32.1. The van der Waals surface area contributed by atoms with E-state index in [0.29, 0.717) is 0 Å². The molecule has 1 aromatic carbocycles. The minimum Gasteiger partial charge on any atom is -0.310 e. The van der Waals surface area contributed by atoms with E-state index in [-0.39, 0.29) is 5.82 Å². The highest BCUT2D eigenvalue weighted by Gasteiger charge is 2.10. The molecule has 2 aromatic rings. The second kappa shape index (κ2) is 7.11. The van der Waals surface area contributed by atoms with E-state index in [1.54, 1.807) is 23.5 Å². The summed E-state index contributed by atoms with van der Waals surface area (Å²) in [5.74, 6) is -0.209. The summed E-state index contributed by atoms with van der Waals surface area (Å²) in [6.07, 6.45) is 2.68. The fraction of sp³-hybridized carbons (Fsp3) is 0.438. The Bertz CT molecular complexity index is 561. The molecule has 0 atom stereocenters. The second-order valence-electron chi connectivity index (χ2n) is 5.38. The number of aromatic nitrogens is 1. The standard InChI is InChI=1S/C16H20FN3S/c17-14-5-3-13(4-6-14)16-19-15(12-21-16)11-18-7-10-20-8-1-2-9-20/h3-6,12,18H,1-2,7-11H2. The molecule has 0 unspecified atom stereocenters. The first-order valence-electron chi connectivity index (χ1n) is 7.45. The number of likely N-dealkylation sites (tertiary alicyclic amines) is 1. The van der Waals surface area contributed by atoms with Crippen LogP contribution in [0.4, 0.5) is 4.39 Å². The smallest absolute Gasteiger partial charge is 0.123 e. The van der Waals surface area contributed by atoms with Crippen LogP contribution in [-0.2, 0) is 6.54 Å². The minimum absolute atomic E-state index is 0.209. The first-order valence-corrected chi connectivity index (χ1v) is 8.33. The molecule has 112 valence electrons. The van der Waals surface area contributed by atoms with Crippen LogP contribution in [-0.4, -0.2) is 36.1 Å². The van der Waals surface area contributed by atoms with Crippen LogP contribution in [0.5, 0.6) is 0 Å². The van der Waals surface area contributed by atoms with Gasteiger partial charge in [-0.25, -0.2) is 9.37 Å². The lowest BCUT2D eigenvalue weighted by atomic mass is 10.2. The van der Waals surface area contributed by atoms with E-state index in [2.05, 4.69) is 20.6 Å². The maximum atomic E-state index is 12.9. The van der Waals surface area contributed by atoms with Crippen molar-refractivity contribution in [2.45, 2.75) is 19.4 Å². The Balaban J connectivity index is 1.47. The normalized spacial score (nSPS) is 15.7. The van der Waals surface area contributed by atoms with Crippen molar-refractivity contribution in [3.63, 3.8) is 0 Å². The predicted molar refractivity (Wildman–Crippen MR) is 84.9 cm³/mol. The lowest BCUT2D eigenvalue weighted by Gasteiger charge is -2.14. The van der Waals surface area contributed by atoms with Gasteiger partial charge >= 0.3 is 0 Å². The zero-order valence-electron chi connectivity index (χ0n) is 12.0. The van der Waals surface area contributed by atoms with Crippen molar-refractivity contribution >= 4 is 11.3 Å². The van der Waals surface area contributed by atoms with E-state index in [1.165, 1.54) is 38.1 Å². The van der Waals surface area contributed by atoms with Gasteiger partial charge in [-0.3, -0.25) is 0 Å². The van der Waals surface area contributed by atoms with Crippen molar-refractivity contribution in [2.75, 3.05) is 26.2 Å². The van der Waals surface area contributed by atoms with Gasteiger partial charge in [-0.2, -0.15) is 0 Å². The zero-order chi connectivity index (χ0) is 14.5. The highest BCUT2D eigenvalue weighted by Crippen LogP contribution is 2.23. The van der Waals surface area contributed by atoms with Gasteiger partial charge in [0.25, 0.3) is 0 Å². The maximum Gasteiger partial charge on any atom is 0.123 e. The number of nitrogens with zero attached hydrogens (tertiary/aromatic N) is 2. The van der Waals surface area contributed by atoms with Crippen LogP contribution in [0.2, 0.25) is 0 Å². The van der Waals surface area contributed by atoms with Crippen LogP contribution in [0.15, 0.2) is 29.6 Å². The molecule has 0 aliphatic carbocycles. The maximum absolute atomic E-state index is 12.9. The van der Waals surface area contributed by atoms with Crippen LogP contribution in [0, 0.1) is 5.82 Å². The van der Waals surface area contributed by atoms with Crippen LogP contribution < -0.4 is 5.32 Å². The van der Waals surface area contributed by atoms with E-state index >= 15 is 0 Å².